The molecule has 0 spiro atoms. The SMILES string of the molecule is C=[N+]=C(N=C(N)SCC1=CC=CC=CC=C1)Nc1ccc(N2CCN(C(C)C)CC2)cc1. The van der Waals surface area contributed by atoms with E-state index in [1.54, 1.807) is 0 Å². The summed E-state index contributed by atoms with van der Waals surface area (Å²) in [7, 11) is 0. The number of nitrogens with zero attached hydrogens (tertiary/aromatic N) is 4. The number of thioether (sulfide) groups is 1. The lowest BCUT2D eigenvalue weighted by Crippen LogP contribution is -2.48. The Morgan fingerprint density at radius 1 is 1.09 bits per heavy atom. The van der Waals surface area contributed by atoms with Crippen LogP contribution in [0, 0.1) is 0 Å². The summed E-state index contributed by atoms with van der Waals surface area (Å²) in [6.07, 6.45) is 14.2. The van der Waals surface area contributed by atoms with Gasteiger partial charge in [0.25, 0.3) is 0 Å². The molecule has 168 valence electrons. The van der Waals surface area contributed by atoms with Crippen molar-refractivity contribution in [2.75, 3.05) is 42.1 Å². The van der Waals surface area contributed by atoms with Gasteiger partial charge in [-0.2, -0.15) is 0 Å². The van der Waals surface area contributed by atoms with E-state index in [1.807, 2.05) is 42.5 Å². The number of anilines is 2. The van der Waals surface area contributed by atoms with E-state index in [0.717, 1.165) is 37.6 Å². The maximum atomic E-state index is 6.12. The fourth-order valence-corrected chi connectivity index (χ4v) is 4.14. The molecular weight excluding hydrogens is 416 g/mol. The van der Waals surface area contributed by atoms with Crippen LogP contribution in [0.15, 0.2) is 77.4 Å². The van der Waals surface area contributed by atoms with E-state index in [0.29, 0.717) is 17.2 Å². The van der Waals surface area contributed by atoms with Crippen molar-refractivity contribution in [2.45, 2.75) is 19.9 Å². The van der Waals surface area contributed by atoms with Gasteiger partial charge in [0, 0.05) is 43.7 Å². The fourth-order valence-electron chi connectivity index (χ4n) is 3.48. The molecule has 0 radical (unpaired) electrons. The fraction of sp³-hybridized carbons (Fsp3) is 0.320. The van der Waals surface area contributed by atoms with Crippen molar-refractivity contribution in [3.05, 3.63) is 72.4 Å². The Kier molecular flexibility index (Phi) is 8.99. The summed E-state index contributed by atoms with van der Waals surface area (Å²) in [4.78, 5) is 9.33. The minimum absolute atomic E-state index is 0.387. The number of benzene rings is 1. The van der Waals surface area contributed by atoms with Gasteiger partial charge in [-0.15, -0.1) is 0 Å². The van der Waals surface area contributed by atoms with Crippen molar-refractivity contribution in [1.29, 1.82) is 0 Å². The number of hydrogen-bond acceptors (Lipinski definition) is 3. The molecule has 3 rings (SSSR count). The molecule has 1 aromatic carbocycles. The molecule has 1 fully saturated rings. The molecule has 0 unspecified atom stereocenters. The first-order valence-electron chi connectivity index (χ1n) is 10.9. The van der Waals surface area contributed by atoms with E-state index in [2.05, 4.69) is 69.6 Å². The molecule has 1 aromatic rings. The Hall–Kier alpha value is -2.99. The van der Waals surface area contributed by atoms with Crippen LogP contribution in [0.3, 0.4) is 0 Å². The highest BCUT2D eigenvalue weighted by molar-refractivity contribution is 8.14. The van der Waals surface area contributed by atoms with E-state index in [4.69, 9.17) is 5.73 Å². The third-order valence-corrected chi connectivity index (χ3v) is 6.22. The van der Waals surface area contributed by atoms with Crippen LogP contribution in [-0.4, -0.2) is 60.7 Å². The molecule has 7 heteroatoms. The number of guanidine groups is 1. The average Bonchev–Trinajstić information content (AvgIpc) is 2.78. The molecule has 1 saturated heterocycles. The van der Waals surface area contributed by atoms with Crippen LogP contribution >= 0.6 is 11.8 Å². The predicted molar refractivity (Wildman–Crippen MR) is 143 cm³/mol. The Morgan fingerprint density at radius 3 is 2.47 bits per heavy atom. The third-order valence-electron chi connectivity index (χ3n) is 5.35. The van der Waals surface area contributed by atoms with Crippen LogP contribution in [0.4, 0.5) is 11.4 Å². The van der Waals surface area contributed by atoms with Gasteiger partial charge in [-0.25, -0.2) is 9.98 Å². The van der Waals surface area contributed by atoms with Crippen molar-refractivity contribution in [3.8, 4) is 0 Å². The summed E-state index contributed by atoms with van der Waals surface area (Å²) >= 11 is 1.47. The minimum atomic E-state index is 0.387. The highest BCUT2D eigenvalue weighted by Crippen LogP contribution is 2.20. The number of rotatable bonds is 5. The molecule has 3 N–H and O–H groups in total. The maximum Gasteiger partial charge on any atom is 0.486 e. The summed E-state index contributed by atoms with van der Waals surface area (Å²) in [6, 6.07) is 8.95. The zero-order valence-electron chi connectivity index (χ0n) is 18.9. The van der Waals surface area contributed by atoms with Crippen LogP contribution in [0.2, 0.25) is 0 Å². The molecule has 6 nitrogen and oxygen atoms in total. The van der Waals surface area contributed by atoms with Crippen LogP contribution in [-0.2, 0) is 0 Å². The standard InChI is InChI=1S/C25H32N6S/c1-20(2)30-15-17-31(18-16-30)23-13-11-22(12-14-23)28-25(27-3)29-24(26)32-19-21-9-7-5-4-6-8-10-21/h4-14,20H,3,15-19H2,1-2H3,(H2,26,28,29)/p+1. The summed E-state index contributed by atoms with van der Waals surface area (Å²) < 4.78 is 3.99. The van der Waals surface area contributed by atoms with Gasteiger partial charge >= 0.3 is 5.96 Å². The Labute approximate surface area is 195 Å². The molecular formula is C25H33N6S+. The summed E-state index contributed by atoms with van der Waals surface area (Å²) in [5.74, 6) is 1.12. The zero-order chi connectivity index (χ0) is 22.8. The van der Waals surface area contributed by atoms with Gasteiger partial charge < -0.3 is 10.6 Å². The van der Waals surface area contributed by atoms with Gasteiger partial charge in [0.05, 0.1) is 0 Å². The number of allylic oxidation sites excluding steroid dienone is 7. The molecule has 2 aliphatic rings. The molecule has 32 heavy (non-hydrogen) atoms. The second kappa shape index (κ2) is 12.2. The van der Waals surface area contributed by atoms with Gasteiger partial charge in [0.1, 0.15) is 12.4 Å². The largest absolute Gasteiger partial charge is 0.486 e. The normalized spacial score (nSPS) is 17.0. The van der Waals surface area contributed by atoms with E-state index < -0.39 is 0 Å². The van der Waals surface area contributed by atoms with Crippen LogP contribution in [0.1, 0.15) is 13.8 Å². The molecule has 0 saturated carbocycles. The number of nitrogens with one attached hydrogen (secondary N) is 1. The lowest BCUT2D eigenvalue weighted by molar-refractivity contribution is 0.209. The lowest BCUT2D eigenvalue weighted by Gasteiger charge is -2.38. The molecule has 0 aromatic heterocycles. The quantitative estimate of drug-likeness (QED) is 0.410. The topological polar surface area (TPSA) is 71.0 Å². The monoisotopic (exact) mass is 449 g/mol. The highest BCUT2D eigenvalue weighted by atomic mass is 32.2. The second-order valence-corrected chi connectivity index (χ2v) is 8.88. The number of amidine groups is 1. The Balaban J connectivity index is 1.53. The first kappa shape index (κ1) is 23.7. The smallest absolute Gasteiger partial charge is 0.369 e. The molecule has 0 bridgehead atoms. The van der Waals surface area contributed by atoms with E-state index in [1.165, 1.54) is 23.0 Å². The minimum Gasteiger partial charge on any atom is -0.369 e. The van der Waals surface area contributed by atoms with Gasteiger partial charge in [-0.3, -0.25) is 4.90 Å². The van der Waals surface area contributed by atoms with Gasteiger partial charge in [0.15, 0.2) is 0 Å². The van der Waals surface area contributed by atoms with Crippen LogP contribution in [0.25, 0.3) is 0 Å². The van der Waals surface area contributed by atoms with Crippen molar-refractivity contribution in [2.24, 2.45) is 10.7 Å². The van der Waals surface area contributed by atoms with Crippen LogP contribution in [0.5, 0.6) is 0 Å². The molecule has 0 amide bonds. The summed E-state index contributed by atoms with van der Waals surface area (Å²) in [5.41, 5.74) is 9.42. The number of hydrogen-bond donors (Lipinski definition) is 2. The zero-order valence-corrected chi connectivity index (χ0v) is 19.8. The van der Waals surface area contributed by atoms with Crippen LogP contribution < -0.4 is 20.6 Å². The van der Waals surface area contributed by atoms with Crippen molar-refractivity contribution in [3.63, 3.8) is 0 Å². The van der Waals surface area contributed by atoms with E-state index in [-0.39, 0.29) is 0 Å². The average molecular weight is 450 g/mol. The number of aliphatic imine (C=N–C) groups is 1. The van der Waals surface area contributed by atoms with E-state index >= 15 is 0 Å². The third kappa shape index (κ3) is 7.31. The van der Waals surface area contributed by atoms with Gasteiger partial charge in [0.2, 0.25) is 5.17 Å². The van der Waals surface area contributed by atoms with E-state index in [9.17, 15) is 0 Å². The van der Waals surface area contributed by atoms with Crippen molar-refractivity contribution < 1.29 is 0 Å². The lowest BCUT2D eigenvalue weighted by atomic mass is 10.2. The first-order chi connectivity index (χ1) is 15.5. The van der Waals surface area contributed by atoms with Crippen molar-refractivity contribution in [1.82, 2.24) is 9.57 Å². The molecule has 1 aliphatic carbocycles. The molecule has 1 heterocycles. The Morgan fingerprint density at radius 2 is 1.78 bits per heavy atom. The van der Waals surface area contributed by atoms with Gasteiger partial charge in [-0.05, 0) is 48.7 Å². The highest BCUT2D eigenvalue weighted by Gasteiger charge is 2.19. The molecule has 1 aliphatic heterocycles. The maximum absolute atomic E-state index is 6.12. The molecule has 0 atom stereocenters. The first-order valence-corrected chi connectivity index (χ1v) is 11.9. The number of piperazine rings is 1. The number of nitrogens with two attached hydrogens (primary N) is 1. The summed E-state index contributed by atoms with van der Waals surface area (Å²) in [5, 5.41) is 3.64. The summed E-state index contributed by atoms with van der Waals surface area (Å²) in [6.45, 7) is 12.4. The van der Waals surface area contributed by atoms with Crippen molar-refractivity contribution >= 4 is 41.0 Å². The van der Waals surface area contributed by atoms with Gasteiger partial charge in [-0.1, -0.05) is 54.3 Å². The Bertz CT molecular complexity index is 957. The second-order valence-electron chi connectivity index (χ2n) is 7.88. The predicted octanol–water partition coefficient (Wildman–Crippen LogP) is 3.41.